The highest BCUT2D eigenvalue weighted by Gasteiger charge is 2.26. The Morgan fingerprint density at radius 3 is 2.73 bits per heavy atom. The summed E-state index contributed by atoms with van der Waals surface area (Å²) in [6.07, 6.45) is 3.95. The van der Waals surface area contributed by atoms with Gasteiger partial charge in [-0.1, -0.05) is 32.4 Å². The van der Waals surface area contributed by atoms with E-state index in [2.05, 4.69) is 35.6 Å². The highest BCUT2D eigenvalue weighted by Crippen LogP contribution is 2.37. The van der Waals surface area contributed by atoms with Crippen molar-refractivity contribution in [1.82, 2.24) is 9.55 Å². The van der Waals surface area contributed by atoms with Crippen molar-refractivity contribution in [2.24, 2.45) is 5.41 Å². The third kappa shape index (κ3) is 3.12. The topological polar surface area (TPSA) is 46.9 Å². The second kappa shape index (κ2) is 5.58. The normalized spacial score (nSPS) is 15.8. The molecule has 1 amide bonds. The minimum Gasteiger partial charge on any atom is -0.307 e. The number of hydrogen-bond donors (Lipinski definition) is 1. The van der Waals surface area contributed by atoms with Crippen LogP contribution in [0.5, 0.6) is 0 Å². The van der Waals surface area contributed by atoms with E-state index in [-0.39, 0.29) is 11.3 Å². The molecule has 0 bridgehead atoms. The predicted molar refractivity (Wildman–Crippen MR) is 90.3 cm³/mol. The SMILES string of the molecule is CC(C)(C)CC(=O)Nc1nc2ccc(Cl)cc2n1C1CCC1. The molecule has 1 heterocycles. The van der Waals surface area contributed by atoms with Gasteiger partial charge in [-0.05, 0) is 42.9 Å². The summed E-state index contributed by atoms with van der Waals surface area (Å²) in [5.74, 6) is 0.658. The van der Waals surface area contributed by atoms with Crippen LogP contribution in [-0.2, 0) is 4.79 Å². The highest BCUT2D eigenvalue weighted by molar-refractivity contribution is 6.31. The van der Waals surface area contributed by atoms with E-state index in [0.29, 0.717) is 23.4 Å². The van der Waals surface area contributed by atoms with Gasteiger partial charge in [0.05, 0.1) is 11.0 Å². The maximum Gasteiger partial charge on any atom is 0.227 e. The summed E-state index contributed by atoms with van der Waals surface area (Å²) in [6.45, 7) is 6.17. The molecule has 0 aliphatic heterocycles. The van der Waals surface area contributed by atoms with E-state index in [9.17, 15) is 4.79 Å². The Balaban J connectivity index is 1.96. The molecule has 1 saturated carbocycles. The Labute approximate surface area is 135 Å². The lowest BCUT2D eigenvalue weighted by Crippen LogP contribution is -2.24. The summed E-state index contributed by atoms with van der Waals surface area (Å²) >= 11 is 6.13. The Kier molecular flexibility index (Phi) is 3.89. The average molecular weight is 320 g/mol. The van der Waals surface area contributed by atoms with E-state index in [4.69, 9.17) is 11.6 Å². The van der Waals surface area contributed by atoms with E-state index in [0.717, 1.165) is 23.9 Å². The monoisotopic (exact) mass is 319 g/mol. The van der Waals surface area contributed by atoms with Crippen molar-refractivity contribution in [1.29, 1.82) is 0 Å². The molecule has 4 nitrogen and oxygen atoms in total. The minimum atomic E-state index is -0.0410. The first-order chi connectivity index (χ1) is 10.3. The molecule has 1 aromatic heterocycles. The highest BCUT2D eigenvalue weighted by atomic mass is 35.5. The molecule has 0 atom stereocenters. The fourth-order valence-corrected chi connectivity index (χ4v) is 2.99. The lowest BCUT2D eigenvalue weighted by atomic mass is 9.92. The lowest BCUT2D eigenvalue weighted by Gasteiger charge is -2.29. The molecule has 22 heavy (non-hydrogen) atoms. The zero-order chi connectivity index (χ0) is 15.9. The number of rotatable bonds is 3. The zero-order valence-corrected chi connectivity index (χ0v) is 14.1. The lowest BCUT2D eigenvalue weighted by molar-refractivity contribution is -0.117. The maximum absolute atomic E-state index is 12.3. The van der Waals surface area contributed by atoms with E-state index in [1.165, 1.54) is 6.42 Å². The molecule has 2 aromatic rings. The molecular formula is C17H22ClN3O. The summed E-state index contributed by atoms with van der Waals surface area (Å²) in [4.78, 5) is 16.9. The summed E-state index contributed by atoms with van der Waals surface area (Å²) in [6, 6.07) is 6.09. The number of aromatic nitrogens is 2. The number of anilines is 1. The van der Waals surface area contributed by atoms with E-state index < -0.39 is 0 Å². The van der Waals surface area contributed by atoms with Gasteiger partial charge in [0.15, 0.2) is 0 Å². The molecule has 1 aliphatic carbocycles. The van der Waals surface area contributed by atoms with Crippen LogP contribution in [0.4, 0.5) is 5.95 Å². The van der Waals surface area contributed by atoms with Crippen molar-refractivity contribution in [2.45, 2.75) is 52.5 Å². The molecule has 3 rings (SSSR count). The van der Waals surface area contributed by atoms with Gasteiger partial charge in [0.1, 0.15) is 0 Å². The van der Waals surface area contributed by atoms with E-state index >= 15 is 0 Å². The van der Waals surface area contributed by atoms with Crippen LogP contribution in [0.2, 0.25) is 5.02 Å². The first kappa shape index (κ1) is 15.3. The first-order valence-corrected chi connectivity index (χ1v) is 8.19. The first-order valence-electron chi connectivity index (χ1n) is 7.81. The van der Waals surface area contributed by atoms with Crippen LogP contribution < -0.4 is 5.32 Å². The quantitative estimate of drug-likeness (QED) is 0.884. The van der Waals surface area contributed by atoms with Crippen molar-refractivity contribution in [3.8, 4) is 0 Å². The third-order valence-corrected chi connectivity index (χ3v) is 4.27. The molecule has 0 unspecified atom stereocenters. The molecule has 0 radical (unpaired) electrons. The number of halogens is 1. The van der Waals surface area contributed by atoms with Crippen LogP contribution in [0.25, 0.3) is 11.0 Å². The maximum atomic E-state index is 12.3. The number of carbonyl (C=O) groups is 1. The van der Waals surface area contributed by atoms with Gasteiger partial charge in [0.2, 0.25) is 11.9 Å². The Bertz CT molecular complexity index is 710. The van der Waals surface area contributed by atoms with Gasteiger partial charge in [-0.3, -0.25) is 10.1 Å². The predicted octanol–water partition coefficient (Wildman–Crippen LogP) is 4.79. The van der Waals surface area contributed by atoms with Crippen LogP contribution in [0, 0.1) is 5.41 Å². The second-order valence-corrected chi connectivity index (χ2v) is 7.75. The Hall–Kier alpha value is -1.55. The van der Waals surface area contributed by atoms with E-state index in [1.54, 1.807) is 0 Å². The molecule has 118 valence electrons. The van der Waals surface area contributed by atoms with Crippen molar-refractivity contribution >= 4 is 34.5 Å². The summed E-state index contributed by atoms with van der Waals surface area (Å²) < 4.78 is 2.14. The fraction of sp³-hybridized carbons (Fsp3) is 0.529. The molecule has 5 heteroatoms. The van der Waals surface area contributed by atoms with Crippen LogP contribution >= 0.6 is 11.6 Å². The van der Waals surface area contributed by atoms with Gasteiger partial charge >= 0.3 is 0 Å². The van der Waals surface area contributed by atoms with Crippen LogP contribution in [0.1, 0.15) is 52.5 Å². The van der Waals surface area contributed by atoms with Gasteiger partial charge in [0, 0.05) is 17.5 Å². The number of hydrogen-bond acceptors (Lipinski definition) is 2. The van der Waals surface area contributed by atoms with Crippen molar-refractivity contribution < 1.29 is 4.79 Å². The second-order valence-electron chi connectivity index (χ2n) is 7.31. The molecule has 1 N–H and O–H groups in total. The average Bonchev–Trinajstić information content (AvgIpc) is 2.63. The number of carbonyl (C=O) groups excluding carboxylic acids is 1. The fourth-order valence-electron chi connectivity index (χ4n) is 2.82. The molecule has 1 aromatic carbocycles. The van der Waals surface area contributed by atoms with Crippen molar-refractivity contribution in [3.63, 3.8) is 0 Å². The zero-order valence-electron chi connectivity index (χ0n) is 13.3. The van der Waals surface area contributed by atoms with Crippen molar-refractivity contribution in [2.75, 3.05) is 5.32 Å². The minimum absolute atomic E-state index is 0.00877. The van der Waals surface area contributed by atoms with Gasteiger partial charge in [-0.15, -0.1) is 0 Å². The Morgan fingerprint density at radius 2 is 2.14 bits per heavy atom. The van der Waals surface area contributed by atoms with Crippen LogP contribution in [0.15, 0.2) is 18.2 Å². The molecule has 1 aliphatic rings. The third-order valence-electron chi connectivity index (χ3n) is 4.03. The van der Waals surface area contributed by atoms with E-state index in [1.807, 2.05) is 18.2 Å². The number of amides is 1. The number of nitrogens with zero attached hydrogens (tertiary/aromatic N) is 2. The van der Waals surface area contributed by atoms with Crippen LogP contribution in [0.3, 0.4) is 0 Å². The molecule has 0 spiro atoms. The summed E-state index contributed by atoms with van der Waals surface area (Å²) in [7, 11) is 0. The van der Waals surface area contributed by atoms with Crippen molar-refractivity contribution in [3.05, 3.63) is 23.2 Å². The summed E-state index contributed by atoms with van der Waals surface area (Å²) in [5, 5.41) is 3.69. The molecule has 1 fully saturated rings. The molecule has 0 saturated heterocycles. The number of imidazole rings is 1. The number of benzene rings is 1. The standard InChI is InChI=1S/C17H22ClN3O/c1-17(2,3)10-15(22)20-16-19-13-8-7-11(18)9-14(13)21(16)12-5-4-6-12/h7-9,12H,4-6,10H2,1-3H3,(H,19,20,22). The van der Waals surface area contributed by atoms with Gasteiger partial charge < -0.3 is 4.57 Å². The number of nitrogens with one attached hydrogen (secondary N) is 1. The summed E-state index contributed by atoms with van der Waals surface area (Å²) in [5.41, 5.74) is 1.84. The Morgan fingerprint density at radius 1 is 1.41 bits per heavy atom. The van der Waals surface area contributed by atoms with Gasteiger partial charge in [-0.2, -0.15) is 0 Å². The van der Waals surface area contributed by atoms with Crippen LogP contribution in [-0.4, -0.2) is 15.5 Å². The molecular weight excluding hydrogens is 298 g/mol. The smallest absolute Gasteiger partial charge is 0.227 e. The largest absolute Gasteiger partial charge is 0.307 e. The number of fused-ring (bicyclic) bond motifs is 1. The van der Waals surface area contributed by atoms with Gasteiger partial charge in [-0.25, -0.2) is 4.98 Å². The van der Waals surface area contributed by atoms with Gasteiger partial charge in [0.25, 0.3) is 0 Å².